The van der Waals surface area contributed by atoms with Crippen LogP contribution in [-0.4, -0.2) is 65.7 Å². The van der Waals surface area contributed by atoms with E-state index < -0.39 is 12.0 Å². The number of amides is 2. The minimum absolute atomic E-state index is 0.0138. The molecule has 2 aliphatic rings. The van der Waals surface area contributed by atoms with Crippen molar-refractivity contribution >= 4 is 12.0 Å². The van der Waals surface area contributed by atoms with Gasteiger partial charge in [-0.15, -0.1) is 0 Å². The van der Waals surface area contributed by atoms with Gasteiger partial charge in [-0.05, 0) is 31.6 Å². The molecule has 2 rings (SSSR count). The lowest BCUT2D eigenvalue weighted by atomic mass is 10.1. The maximum Gasteiger partial charge on any atom is 0.320 e. The van der Waals surface area contributed by atoms with E-state index in [0.717, 1.165) is 12.5 Å². The largest absolute Gasteiger partial charge is 0.480 e. The molecule has 2 amide bonds. The van der Waals surface area contributed by atoms with Crippen LogP contribution in [-0.2, 0) is 4.79 Å². The molecule has 1 saturated carbocycles. The van der Waals surface area contributed by atoms with E-state index in [0.29, 0.717) is 32.1 Å². The Hall–Kier alpha value is -1.30. The van der Waals surface area contributed by atoms with Crippen molar-refractivity contribution in [2.45, 2.75) is 32.7 Å². The quantitative estimate of drug-likeness (QED) is 0.784. The van der Waals surface area contributed by atoms with Gasteiger partial charge in [0.15, 0.2) is 0 Å². The van der Waals surface area contributed by atoms with Gasteiger partial charge >= 0.3 is 12.0 Å². The predicted molar refractivity (Wildman–Crippen MR) is 75.5 cm³/mol. The molecular weight excluding hydrogens is 258 g/mol. The summed E-state index contributed by atoms with van der Waals surface area (Å²) in [7, 11) is 0. The van der Waals surface area contributed by atoms with E-state index in [9.17, 15) is 9.59 Å². The van der Waals surface area contributed by atoms with Gasteiger partial charge in [0.25, 0.3) is 0 Å². The van der Waals surface area contributed by atoms with Gasteiger partial charge in [0, 0.05) is 32.7 Å². The first-order valence-corrected chi connectivity index (χ1v) is 7.48. The molecule has 0 aromatic carbocycles. The minimum atomic E-state index is -0.804. The molecule has 2 atom stereocenters. The molecule has 1 aliphatic carbocycles. The summed E-state index contributed by atoms with van der Waals surface area (Å²) in [4.78, 5) is 26.6. The van der Waals surface area contributed by atoms with E-state index in [4.69, 9.17) is 5.11 Å². The van der Waals surface area contributed by atoms with Crippen molar-refractivity contribution in [2.75, 3.05) is 32.7 Å². The van der Waals surface area contributed by atoms with E-state index in [1.165, 1.54) is 12.8 Å². The summed E-state index contributed by atoms with van der Waals surface area (Å²) in [6.45, 7) is 7.07. The van der Waals surface area contributed by atoms with Gasteiger partial charge in [0.05, 0.1) is 0 Å². The number of nitrogens with one attached hydrogen (secondary N) is 1. The Morgan fingerprint density at radius 1 is 1.20 bits per heavy atom. The molecule has 0 spiro atoms. The standard InChI is InChI=1S/C14H25N3O3/c1-10(12-3-4-12)9-15-14(20)17-7-5-16(6-8-17)11(2)13(18)19/h10-12H,3-9H2,1-2H3,(H,15,20)(H,18,19). The first-order valence-electron chi connectivity index (χ1n) is 7.48. The zero-order chi connectivity index (χ0) is 14.7. The van der Waals surface area contributed by atoms with Gasteiger partial charge in [-0.3, -0.25) is 9.69 Å². The van der Waals surface area contributed by atoms with Crippen LogP contribution in [0, 0.1) is 11.8 Å². The molecule has 114 valence electrons. The van der Waals surface area contributed by atoms with E-state index in [1.807, 2.05) is 4.90 Å². The van der Waals surface area contributed by atoms with Gasteiger partial charge in [0.1, 0.15) is 6.04 Å². The Kier molecular flexibility index (Phi) is 4.86. The van der Waals surface area contributed by atoms with E-state index in [2.05, 4.69) is 12.2 Å². The predicted octanol–water partition coefficient (Wildman–Crippen LogP) is 0.833. The van der Waals surface area contributed by atoms with Crippen LogP contribution in [0.1, 0.15) is 26.7 Å². The van der Waals surface area contributed by atoms with E-state index in [1.54, 1.807) is 11.8 Å². The summed E-state index contributed by atoms with van der Waals surface area (Å²) < 4.78 is 0. The minimum Gasteiger partial charge on any atom is -0.480 e. The maximum absolute atomic E-state index is 12.0. The second kappa shape index (κ2) is 6.43. The topological polar surface area (TPSA) is 72.9 Å². The number of urea groups is 1. The number of carbonyl (C=O) groups excluding carboxylic acids is 1. The third kappa shape index (κ3) is 3.85. The third-order valence-electron chi connectivity index (χ3n) is 4.51. The van der Waals surface area contributed by atoms with Crippen LogP contribution in [0.2, 0.25) is 0 Å². The van der Waals surface area contributed by atoms with Crippen LogP contribution in [0.3, 0.4) is 0 Å². The number of nitrogens with zero attached hydrogens (tertiary/aromatic N) is 2. The molecule has 0 bridgehead atoms. The highest BCUT2D eigenvalue weighted by molar-refractivity contribution is 5.75. The lowest BCUT2D eigenvalue weighted by Gasteiger charge is -2.36. The zero-order valence-corrected chi connectivity index (χ0v) is 12.3. The lowest BCUT2D eigenvalue weighted by Crippen LogP contribution is -2.55. The summed E-state index contributed by atoms with van der Waals surface area (Å²) in [5.41, 5.74) is 0. The average molecular weight is 283 g/mol. The van der Waals surface area contributed by atoms with Crippen LogP contribution in [0.5, 0.6) is 0 Å². The highest BCUT2D eigenvalue weighted by Gasteiger charge is 2.30. The number of hydrogen-bond acceptors (Lipinski definition) is 3. The molecule has 2 unspecified atom stereocenters. The number of rotatable bonds is 5. The monoisotopic (exact) mass is 283 g/mol. The molecule has 1 heterocycles. The summed E-state index contributed by atoms with van der Waals surface area (Å²) in [6.07, 6.45) is 2.59. The van der Waals surface area contributed by atoms with Crippen molar-refractivity contribution in [3.05, 3.63) is 0 Å². The Morgan fingerprint density at radius 3 is 2.30 bits per heavy atom. The molecule has 0 radical (unpaired) electrons. The Balaban J connectivity index is 1.69. The van der Waals surface area contributed by atoms with Crippen LogP contribution in [0.25, 0.3) is 0 Å². The highest BCUT2D eigenvalue weighted by atomic mass is 16.4. The molecule has 0 aromatic heterocycles. The Labute approximate surface area is 120 Å². The first kappa shape index (κ1) is 15.1. The summed E-state index contributed by atoms with van der Waals surface area (Å²) in [6, 6.07) is -0.491. The number of carboxylic acids is 1. The number of carbonyl (C=O) groups is 2. The SMILES string of the molecule is CC(CNC(=O)N1CCN(C(C)C(=O)O)CC1)C1CC1. The van der Waals surface area contributed by atoms with Crippen LogP contribution in [0.4, 0.5) is 4.79 Å². The fraction of sp³-hybridized carbons (Fsp3) is 0.857. The molecule has 6 heteroatoms. The third-order valence-corrected chi connectivity index (χ3v) is 4.51. The van der Waals surface area contributed by atoms with Crippen LogP contribution in [0.15, 0.2) is 0 Å². The van der Waals surface area contributed by atoms with Crippen LogP contribution < -0.4 is 5.32 Å². The van der Waals surface area contributed by atoms with Crippen molar-refractivity contribution in [3.8, 4) is 0 Å². The fourth-order valence-electron chi connectivity index (χ4n) is 2.66. The molecule has 6 nitrogen and oxygen atoms in total. The molecule has 2 N–H and O–H groups in total. The van der Waals surface area contributed by atoms with Crippen molar-refractivity contribution in [1.29, 1.82) is 0 Å². The summed E-state index contributed by atoms with van der Waals surface area (Å²) in [5.74, 6) is 0.553. The molecule has 2 fully saturated rings. The van der Waals surface area contributed by atoms with Crippen molar-refractivity contribution in [3.63, 3.8) is 0 Å². The first-order chi connectivity index (χ1) is 9.49. The lowest BCUT2D eigenvalue weighted by molar-refractivity contribution is -0.143. The smallest absolute Gasteiger partial charge is 0.320 e. The van der Waals surface area contributed by atoms with E-state index >= 15 is 0 Å². The number of aliphatic carboxylic acids is 1. The summed E-state index contributed by atoms with van der Waals surface area (Å²) >= 11 is 0. The molecule has 0 aromatic rings. The molecule has 1 saturated heterocycles. The van der Waals surface area contributed by atoms with Gasteiger partial charge in [-0.2, -0.15) is 0 Å². The molecular formula is C14H25N3O3. The molecule has 1 aliphatic heterocycles. The highest BCUT2D eigenvalue weighted by Crippen LogP contribution is 2.36. The van der Waals surface area contributed by atoms with Crippen molar-refractivity contribution in [1.82, 2.24) is 15.1 Å². The number of carboxylic acid groups (broad SMARTS) is 1. The maximum atomic E-state index is 12.0. The van der Waals surface area contributed by atoms with Crippen LogP contribution >= 0.6 is 0 Å². The van der Waals surface area contributed by atoms with Crippen molar-refractivity contribution in [2.24, 2.45) is 11.8 Å². The second-order valence-corrected chi connectivity index (χ2v) is 6.04. The molecule has 20 heavy (non-hydrogen) atoms. The summed E-state index contributed by atoms with van der Waals surface area (Å²) in [5, 5.41) is 12.0. The fourth-order valence-corrected chi connectivity index (χ4v) is 2.66. The van der Waals surface area contributed by atoms with E-state index in [-0.39, 0.29) is 6.03 Å². The normalized spacial score (nSPS) is 23.2. The second-order valence-electron chi connectivity index (χ2n) is 6.04. The zero-order valence-electron chi connectivity index (χ0n) is 12.3. The van der Waals surface area contributed by atoms with Gasteiger partial charge in [-0.25, -0.2) is 4.79 Å². The number of hydrogen-bond donors (Lipinski definition) is 2. The average Bonchev–Trinajstić information content (AvgIpc) is 3.28. The van der Waals surface area contributed by atoms with Gasteiger partial charge in [0.2, 0.25) is 0 Å². The van der Waals surface area contributed by atoms with Gasteiger partial charge < -0.3 is 15.3 Å². The Morgan fingerprint density at radius 2 is 1.80 bits per heavy atom. The Bertz CT molecular complexity index is 363. The number of piperazine rings is 1. The van der Waals surface area contributed by atoms with Crippen molar-refractivity contribution < 1.29 is 14.7 Å². The van der Waals surface area contributed by atoms with Gasteiger partial charge in [-0.1, -0.05) is 6.92 Å².